The molecule has 0 saturated heterocycles. The van der Waals surface area contributed by atoms with Gasteiger partial charge in [-0.15, -0.1) is 0 Å². The summed E-state index contributed by atoms with van der Waals surface area (Å²) in [5.41, 5.74) is 1.05. The molecule has 4 rings (SSSR count). The molecule has 0 spiro atoms. The largest absolute Gasteiger partial charge is 0.490 e. The number of nitrogens with one attached hydrogen (secondary N) is 1. The maximum absolute atomic E-state index is 12.3. The number of carbonyl (C=O) groups excluding carboxylic acids is 1. The SMILES string of the molecule is O=C(NCc1ccccc1OC1CCCC1)C1CC1c1ccco1. The molecule has 1 heterocycles. The Labute approximate surface area is 142 Å². The van der Waals surface area contributed by atoms with Crippen molar-refractivity contribution in [2.75, 3.05) is 0 Å². The quantitative estimate of drug-likeness (QED) is 0.872. The first-order valence-corrected chi connectivity index (χ1v) is 8.87. The minimum absolute atomic E-state index is 0.0408. The third-order valence-corrected chi connectivity index (χ3v) is 5.06. The summed E-state index contributed by atoms with van der Waals surface area (Å²) in [5.74, 6) is 2.21. The minimum atomic E-state index is 0.0408. The lowest BCUT2D eigenvalue weighted by atomic mass is 10.2. The molecule has 2 aliphatic rings. The molecule has 0 bridgehead atoms. The van der Waals surface area contributed by atoms with E-state index in [9.17, 15) is 4.79 Å². The number of furan rings is 1. The normalized spacial score (nSPS) is 23.2. The van der Waals surface area contributed by atoms with Crippen LogP contribution in [0.2, 0.25) is 0 Å². The van der Waals surface area contributed by atoms with E-state index in [1.165, 1.54) is 12.8 Å². The smallest absolute Gasteiger partial charge is 0.224 e. The third-order valence-electron chi connectivity index (χ3n) is 5.06. The summed E-state index contributed by atoms with van der Waals surface area (Å²) in [7, 11) is 0. The molecule has 1 amide bonds. The van der Waals surface area contributed by atoms with Gasteiger partial charge in [0.15, 0.2) is 0 Å². The maximum Gasteiger partial charge on any atom is 0.224 e. The molecule has 0 aliphatic heterocycles. The topological polar surface area (TPSA) is 51.5 Å². The Morgan fingerprint density at radius 2 is 2.00 bits per heavy atom. The standard InChI is InChI=1S/C20H23NO3/c22-20(17-12-16(17)19-10-5-11-23-19)21-13-14-6-1-4-9-18(14)24-15-7-2-3-8-15/h1,4-6,9-11,15-17H,2-3,7-8,12-13H2,(H,21,22). The van der Waals surface area contributed by atoms with E-state index in [1.54, 1.807) is 6.26 Å². The molecule has 1 N–H and O–H groups in total. The fourth-order valence-corrected chi connectivity index (χ4v) is 3.57. The summed E-state index contributed by atoms with van der Waals surface area (Å²) in [6.07, 6.45) is 7.63. The number of carbonyl (C=O) groups is 1. The second-order valence-electron chi connectivity index (χ2n) is 6.81. The third kappa shape index (κ3) is 3.32. The van der Waals surface area contributed by atoms with Crippen molar-refractivity contribution in [2.24, 2.45) is 5.92 Å². The maximum atomic E-state index is 12.3. The average molecular weight is 325 g/mol. The molecule has 0 radical (unpaired) electrons. The highest BCUT2D eigenvalue weighted by Crippen LogP contribution is 2.47. The van der Waals surface area contributed by atoms with Crippen molar-refractivity contribution in [3.63, 3.8) is 0 Å². The Balaban J connectivity index is 1.33. The van der Waals surface area contributed by atoms with Crippen molar-refractivity contribution >= 4 is 5.91 Å². The average Bonchev–Trinajstić information content (AvgIpc) is 3.01. The van der Waals surface area contributed by atoms with Crippen molar-refractivity contribution in [3.8, 4) is 5.75 Å². The van der Waals surface area contributed by atoms with E-state index >= 15 is 0 Å². The highest BCUT2D eigenvalue weighted by molar-refractivity contribution is 5.82. The van der Waals surface area contributed by atoms with Gasteiger partial charge in [0.25, 0.3) is 0 Å². The fraction of sp³-hybridized carbons (Fsp3) is 0.450. The van der Waals surface area contributed by atoms with Crippen LogP contribution in [-0.4, -0.2) is 12.0 Å². The Morgan fingerprint density at radius 1 is 1.17 bits per heavy atom. The molecule has 24 heavy (non-hydrogen) atoms. The monoisotopic (exact) mass is 325 g/mol. The molecule has 126 valence electrons. The van der Waals surface area contributed by atoms with Crippen LogP contribution in [0.25, 0.3) is 0 Å². The van der Waals surface area contributed by atoms with Gasteiger partial charge in [0, 0.05) is 23.9 Å². The summed E-state index contributed by atoms with van der Waals surface area (Å²) >= 11 is 0. The van der Waals surface area contributed by atoms with Crippen molar-refractivity contribution in [3.05, 3.63) is 54.0 Å². The molecule has 4 heteroatoms. The first-order valence-electron chi connectivity index (χ1n) is 8.87. The van der Waals surface area contributed by atoms with Crippen LogP contribution in [0.15, 0.2) is 47.1 Å². The Morgan fingerprint density at radius 3 is 2.79 bits per heavy atom. The lowest BCUT2D eigenvalue weighted by Gasteiger charge is -2.16. The van der Waals surface area contributed by atoms with E-state index < -0.39 is 0 Å². The second-order valence-corrected chi connectivity index (χ2v) is 6.81. The number of para-hydroxylation sites is 1. The number of rotatable bonds is 6. The van der Waals surface area contributed by atoms with E-state index in [-0.39, 0.29) is 17.7 Å². The van der Waals surface area contributed by atoms with Gasteiger partial charge >= 0.3 is 0 Å². The number of hydrogen-bond acceptors (Lipinski definition) is 3. The summed E-state index contributed by atoms with van der Waals surface area (Å²) in [5, 5.41) is 3.06. The molecule has 2 unspecified atom stereocenters. The summed E-state index contributed by atoms with van der Waals surface area (Å²) in [4.78, 5) is 12.3. The van der Waals surface area contributed by atoms with Gasteiger partial charge in [-0.2, -0.15) is 0 Å². The van der Waals surface area contributed by atoms with Crippen LogP contribution in [0.1, 0.15) is 49.3 Å². The number of benzene rings is 1. The molecular weight excluding hydrogens is 302 g/mol. The Bertz CT molecular complexity index is 689. The van der Waals surface area contributed by atoms with Crippen LogP contribution in [0.3, 0.4) is 0 Å². The number of ether oxygens (including phenoxy) is 1. The zero-order valence-electron chi connectivity index (χ0n) is 13.7. The molecule has 2 saturated carbocycles. The van der Waals surface area contributed by atoms with Gasteiger partial charge < -0.3 is 14.5 Å². The van der Waals surface area contributed by atoms with E-state index in [4.69, 9.17) is 9.15 Å². The molecule has 2 fully saturated rings. The molecule has 1 aromatic carbocycles. The van der Waals surface area contributed by atoms with Gasteiger partial charge in [0.2, 0.25) is 5.91 Å². The summed E-state index contributed by atoms with van der Waals surface area (Å²) in [6, 6.07) is 11.8. The molecular formula is C20H23NO3. The van der Waals surface area contributed by atoms with Crippen LogP contribution >= 0.6 is 0 Å². The van der Waals surface area contributed by atoms with Gasteiger partial charge in [-0.1, -0.05) is 18.2 Å². The van der Waals surface area contributed by atoms with Gasteiger partial charge in [0.1, 0.15) is 11.5 Å². The zero-order chi connectivity index (χ0) is 16.4. The predicted octanol–water partition coefficient (Wildman–Crippen LogP) is 4.02. The van der Waals surface area contributed by atoms with Gasteiger partial charge in [-0.25, -0.2) is 0 Å². The molecule has 4 nitrogen and oxygen atoms in total. The first kappa shape index (κ1) is 15.3. The molecule has 2 aliphatic carbocycles. The van der Waals surface area contributed by atoms with Crippen molar-refractivity contribution in [1.29, 1.82) is 0 Å². The summed E-state index contributed by atoms with van der Waals surface area (Å²) < 4.78 is 11.5. The Kier molecular flexibility index (Phi) is 4.28. The van der Waals surface area contributed by atoms with Crippen LogP contribution in [0, 0.1) is 5.92 Å². The number of hydrogen-bond donors (Lipinski definition) is 1. The van der Waals surface area contributed by atoms with Gasteiger partial charge in [-0.3, -0.25) is 4.79 Å². The van der Waals surface area contributed by atoms with Crippen molar-refractivity contribution in [2.45, 2.75) is 50.7 Å². The second kappa shape index (κ2) is 6.71. The van der Waals surface area contributed by atoms with Crippen molar-refractivity contribution < 1.29 is 13.9 Å². The predicted molar refractivity (Wildman–Crippen MR) is 90.7 cm³/mol. The van der Waals surface area contributed by atoms with Crippen LogP contribution < -0.4 is 10.1 Å². The van der Waals surface area contributed by atoms with Crippen LogP contribution in [0.4, 0.5) is 0 Å². The highest BCUT2D eigenvalue weighted by Gasteiger charge is 2.45. The summed E-state index contributed by atoms with van der Waals surface area (Å²) in [6.45, 7) is 0.517. The lowest BCUT2D eigenvalue weighted by molar-refractivity contribution is -0.122. The molecule has 1 aromatic heterocycles. The van der Waals surface area contributed by atoms with Gasteiger partial charge in [-0.05, 0) is 50.3 Å². The van der Waals surface area contributed by atoms with Crippen molar-refractivity contribution in [1.82, 2.24) is 5.32 Å². The minimum Gasteiger partial charge on any atom is -0.490 e. The molecule has 2 aromatic rings. The van der Waals surface area contributed by atoms with Crippen LogP contribution in [0.5, 0.6) is 5.75 Å². The first-order chi connectivity index (χ1) is 11.8. The Hall–Kier alpha value is -2.23. The number of amides is 1. The molecule has 2 atom stereocenters. The zero-order valence-corrected chi connectivity index (χ0v) is 13.7. The van der Waals surface area contributed by atoms with E-state index in [2.05, 4.69) is 5.32 Å². The van der Waals surface area contributed by atoms with E-state index in [0.29, 0.717) is 12.6 Å². The highest BCUT2D eigenvalue weighted by atomic mass is 16.5. The van der Waals surface area contributed by atoms with Gasteiger partial charge in [0.05, 0.1) is 12.4 Å². The lowest BCUT2D eigenvalue weighted by Crippen LogP contribution is -2.25. The van der Waals surface area contributed by atoms with Crippen LogP contribution in [-0.2, 0) is 11.3 Å². The van der Waals surface area contributed by atoms with E-state index in [1.807, 2.05) is 36.4 Å². The fourth-order valence-electron chi connectivity index (χ4n) is 3.57. The van der Waals surface area contributed by atoms with E-state index in [0.717, 1.165) is 36.3 Å².